The number of aliphatic hydroxyl groups excluding tert-OH is 1. The van der Waals surface area contributed by atoms with E-state index in [4.69, 9.17) is 37.9 Å². The minimum atomic E-state index is -0.797. The predicted molar refractivity (Wildman–Crippen MR) is 194 cm³/mol. The van der Waals surface area contributed by atoms with E-state index in [1.54, 1.807) is 14.2 Å². The summed E-state index contributed by atoms with van der Waals surface area (Å²) in [4.78, 5) is 0. The Hall–Kier alpha value is -2.34. The molecule has 1 spiro atoms. The van der Waals surface area contributed by atoms with Gasteiger partial charge in [-0.1, -0.05) is 62.9 Å². The molecule has 0 saturated carbocycles. The van der Waals surface area contributed by atoms with E-state index in [1.807, 2.05) is 42.5 Å². The van der Waals surface area contributed by atoms with Gasteiger partial charge < -0.3 is 43.0 Å². The number of methoxy groups -OCH3 is 2. The van der Waals surface area contributed by atoms with E-state index in [0.29, 0.717) is 57.0 Å². The average Bonchev–Trinajstić information content (AvgIpc) is 3.16. The summed E-state index contributed by atoms with van der Waals surface area (Å²) in [5, 5.41) is 11.8. The van der Waals surface area contributed by atoms with Crippen molar-refractivity contribution in [3.8, 4) is 5.75 Å². The summed E-state index contributed by atoms with van der Waals surface area (Å²) >= 11 is 0. The molecule has 282 valence electrons. The summed E-state index contributed by atoms with van der Waals surface area (Å²) in [5.41, 5.74) is 2.86. The number of aliphatic hydroxyl groups is 1. The molecular formula is C42H60O9. The Morgan fingerprint density at radius 2 is 1.73 bits per heavy atom. The minimum absolute atomic E-state index is 0.00162. The molecule has 4 aliphatic rings. The summed E-state index contributed by atoms with van der Waals surface area (Å²) in [6, 6.07) is 18.0. The highest BCUT2D eigenvalue weighted by molar-refractivity contribution is 5.26. The fourth-order valence-corrected chi connectivity index (χ4v) is 8.52. The maximum atomic E-state index is 11.8. The fourth-order valence-electron chi connectivity index (χ4n) is 8.52. The molecule has 51 heavy (non-hydrogen) atoms. The maximum Gasteiger partial charge on any atom is 0.168 e. The lowest BCUT2D eigenvalue weighted by atomic mass is 9.79. The van der Waals surface area contributed by atoms with Gasteiger partial charge in [0, 0.05) is 39.4 Å². The monoisotopic (exact) mass is 708 g/mol. The highest BCUT2D eigenvalue weighted by Gasteiger charge is 2.52. The lowest BCUT2D eigenvalue weighted by Crippen LogP contribution is -2.61. The first-order valence-electron chi connectivity index (χ1n) is 19.2. The van der Waals surface area contributed by atoms with Gasteiger partial charge in [-0.3, -0.25) is 0 Å². The molecule has 4 heterocycles. The molecule has 0 aliphatic carbocycles. The summed E-state index contributed by atoms with van der Waals surface area (Å²) in [5.74, 6) is 0.0434. The highest BCUT2D eigenvalue weighted by Crippen LogP contribution is 2.45. The Labute approximate surface area is 304 Å². The molecule has 10 atom stereocenters. The van der Waals surface area contributed by atoms with E-state index >= 15 is 0 Å². The third-order valence-corrected chi connectivity index (χ3v) is 11.5. The summed E-state index contributed by atoms with van der Waals surface area (Å²) in [6.07, 6.45) is 5.96. The zero-order valence-corrected chi connectivity index (χ0v) is 31.1. The van der Waals surface area contributed by atoms with Crippen LogP contribution in [0.15, 0.2) is 66.7 Å². The predicted octanol–water partition coefficient (Wildman–Crippen LogP) is 7.52. The smallest absolute Gasteiger partial charge is 0.168 e. The first kappa shape index (κ1) is 38.4. The van der Waals surface area contributed by atoms with Crippen LogP contribution in [-0.4, -0.2) is 80.7 Å². The van der Waals surface area contributed by atoms with E-state index < -0.39 is 36.0 Å². The second-order valence-electron chi connectivity index (χ2n) is 15.2. The third kappa shape index (κ3) is 9.43. The number of fused-ring (bicyclic) bond motifs is 1. The van der Waals surface area contributed by atoms with Crippen molar-refractivity contribution in [2.24, 2.45) is 11.8 Å². The second-order valence-corrected chi connectivity index (χ2v) is 15.2. The van der Waals surface area contributed by atoms with E-state index in [0.717, 1.165) is 62.0 Å². The quantitative estimate of drug-likeness (QED) is 0.149. The van der Waals surface area contributed by atoms with Gasteiger partial charge in [-0.25, -0.2) is 0 Å². The van der Waals surface area contributed by atoms with Crippen molar-refractivity contribution >= 4 is 0 Å². The number of hydrogen-bond acceptors (Lipinski definition) is 9. The molecule has 4 saturated heterocycles. The van der Waals surface area contributed by atoms with Crippen LogP contribution in [0.2, 0.25) is 0 Å². The molecule has 4 fully saturated rings. The van der Waals surface area contributed by atoms with E-state index in [-0.39, 0.29) is 18.1 Å². The Morgan fingerprint density at radius 1 is 0.941 bits per heavy atom. The number of hydrogen-bond donors (Lipinski definition) is 1. The van der Waals surface area contributed by atoms with Gasteiger partial charge in [0.05, 0.1) is 45.2 Å². The van der Waals surface area contributed by atoms with E-state index in [1.165, 1.54) is 0 Å². The van der Waals surface area contributed by atoms with Crippen molar-refractivity contribution in [2.45, 2.75) is 139 Å². The number of benzene rings is 2. The molecule has 1 N–H and O–H groups in total. The fraction of sp³-hybridized carbons (Fsp3) is 0.667. The Balaban J connectivity index is 1.09. The van der Waals surface area contributed by atoms with Gasteiger partial charge in [0.25, 0.3) is 0 Å². The van der Waals surface area contributed by atoms with Crippen LogP contribution in [0.5, 0.6) is 5.75 Å². The SMILES string of the molecule is C=C1[C@@H](OCc2ccccc2)[C@@H]2O[C@@](CCCOCc3ccc(OC)cc3)(OC)CC[C@H]2O[C@@H]1[C@H](O)C[C@H](C)[C@H]1O[C@@]2(CCCCO2)CC[C@H]1C. The van der Waals surface area contributed by atoms with Gasteiger partial charge in [-0.15, -0.1) is 0 Å². The lowest BCUT2D eigenvalue weighted by molar-refractivity contribution is -0.328. The van der Waals surface area contributed by atoms with Crippen LogP contribution < -0.4 is 4.74 Å². The summed E-state index contributed by atoms with van der Waals surface area (Å²) in [6.45, 7) is 11.2. The van der Waals surface area contributed by atoms with Gasteiger partial charge in [0.2, 0.25) is 0 Å². The second kappa shape index (κ2) is 17.7. The van der Waals surface area contributed by atoms with Crippen LogP contribution in [-0.2, 0) is 46.4 Å². The van der Waals surface area contributed by atoms with Crippen LogP contribution >= 0.6 is 0 Å². The van der Waals surface area contributed by atoms with Crippen LogP contribution in [0.25, 0.3) is 0 Å². The number of rotatable bonds is 15. The molecule has 2 aromatic rings. The average molecular weight is 709 g/mol. The molecule has 0 unspecified atom stereocenters. The van der Waals surface area contributed by atoms with Gasteiger partial charge >= 0.3 is 0 Å². The summed E-state index contributed by atoms with van der Waals surface area (Å²) in [7, 11) is 3.37. The van der Waals surface area contributed by atoms with Crippen LogP contribution in [0, 0.1) is 11.8 Å². The van der Waals surface area contributed by atoms with Gasteiger partial charge in [-0.2, -0.15) is 0 Å². The largest absolute Gasteiger partial charge is 0.497 e. The van der Waals surface area contributed by atoms with Gasteiger partial charge in [0.1, 0.15) is 24.1 Å². The molecule has 0 radical (unpaired) electrons. The van der Waals surface area contributed by atoms with Crippen LogP contribution in [0.4, 0.5) is 0 Å². The van der Waals surface area contributed by atoms with Crippen molar-refractivity contribution in [1.29, 1.82) is 0 Å². The number of ether oxygens (including phenoxy) is 8. The molecule has 9 nitrogen and oxygen atoms in total. The molecule has 4 aliphatic heterocycles. The zero-order chi connectivity index (χ0) is 35.8. The Kier molecular flexibility index (Phi) is 13.3. The molecule has 0 bridgehead atoms. The molecule has 0 amide bonds. The maximum absolute atomic E-state index is 11.8. The Morgan fingerprint density at radius 3 is 2.45 bits per heavy atom. The third-order valence-electron chi connectivity index (χ3n) is 11.5. The van der Waals surface area contributed by atoms with E-state index in [9.17, 15) is 5.11 Å². The van der Waals surface area contributed by atoms with Gasteiger partial charge in [-0.05, 0) is 79.2 Å². The molecule has 2 aromatic carbocycles. The summed E-state index contributed by atoms with van der Waals surface area (Å²) < 4.78 is 50.5. The molecule has 6 rings (SSSR count). The topological polar surface area (TPSA) is 94.1 Å². The Bertz CT molecular complexity index is 1360. The zero-order valence-electron chi connectivity index (χ0n) is 31.1. The van der Waals surface area contributed by atoms with Crippen molar-refractivity contribution in [3.05, 3.63) is 77.9 Å². The first-order chi connectivity index (χ1) is 24.7. The van der Waals surface area contributed by atoms with Crippen LogP contribution in [0.3, 0.4) is 0 Å². The van der Waals surface area contributed by atoms with Gasteiger partial charge in [0.15, 0.2) is 11.6 Å². The van der Waals surface area contributed by atoms with Crippen molar-refractivity contribution in [2.75, 3.05) is 27.4 Å². The van der Waals surface area contributed by atoms with E-state index in [2.05, 4.69) is 32.6 Å². The standard InChI is InChI=1S/C42H60O9/c1-29-18-22-42(20-9-10-25-48-42)50-37(29)30(2)26-35(43)38-31(3)39(47-28-32-12-7-6-8-13-32)40-36(49-38)19-23-41(45-5,51-40)21-11-24-46-27-33-14-16-34(44-4)17-15-33/h6-8,12-17,29-30,35-40,43H,3,9-11,18-28H2,1-2,4-5H3/t29-,30+,35-,36-,37+,38+,39-,40-,41-,42+/m1/s1. The lowest BCUT2D eigenvalue weighted by Gasteiger charge is -2.51. The normalized spacial score (nSPS) is 33.8. The molecular weight excluding hydrogens is 648 g/mol. The van der Waals surface area contributed by atoms with Crippen molar-refractivity contribution in [1.82, 2.24) is 0 Å². The molecule has 9 heteroatoms. The molecule has 0 aromatic heterocycles. The first-order valence-corrected chi connectivity index (χ1v) is 19.2. The van der Waals surface area contributed by atoms with Crippen LogP contribution in [0.1, 0.15) is 89.2 Å². The minimum Gasteiger partial charge on any atom is -0.497 e. The van der Waals surface area contributed by atoms with Crippen molar-refractivity contribution in [3.63, 3.8) is 0 Å². The highest BCUT2D eigenvalue weighted by atomic mass is 16.7. The van der Waals surface area contributed by atoms with Crippen molar-refractivity contribution < 1.29 is 43.0 Å².